The van der Waals surface area contributed by atoms with Crippen molar-refractivity contribution >= 4 is 34.2 Å². The highest BCUT2D eigenvalue weighted by Crippen LogP contribution is 2.29. The summed E-state index contributed by atoms with van der Waals surface area (Å²) in [5, 5.41) is 0. The van der Waals surface area contributed by atoms with Crippen LogP contribution < -0.4 is 10.5 Å². The van der Waals surface area contributed by atoms with Crippen LogP contribution in [0.4, 0.5) is 0 Å². The molecule has 0 radical (unpaired) electrons. The summed E-state index contributed by atoms with van der Waals surface area (Å²) in [4.78, 5) is 14.1. The Labute approximate surface area is 146 Å². The zero-order chi connectivity index (χ0) is 15.3. The molecule has 1 amide bonds. The van der Waals surface area contributed by atoms with Crippen molar-refractivity contribution in [1.29, 1.82) is 0 Å². The molecule has 6 heteroatoms. The van der Waals surface area contributed by atoms with Crippen molar-refractivity contribution in [1.82, 2.24) is 4.90 Å². The van der Waals surface area contributed by atoms with Gasteiger partial charge in [-0.2, -0.15) is 0 Å². The molecule has 0 saturated carbocycles. The Hall–Kier alpha value is -0.780. The van der Waals surface area contributed by atoms with Gasteiger partial charge in [0.25, 0.3) is 0 Å². The summed E-state index contributed by atoms with van der Waals surface area (Å²) in [6.07, 6.45) is 2.27. The number of hydrogen-bond acceptors (Lipinski definition) is 3. The van der Waals surface area contributed by atoms with Gasteiger partial charge in [-0.1, -0.05) is 19.1 Å². The summed E-state index contributed by atoms with van der Waals surface area (Å²) in [6, 6.07) is 7.74. The van der Waals surface area contributed by atoms with Crippen LogP contribution in [0.3, 0.4) is 0 Å². The van der Waals surface area contributed by atoms with Crippen molar-refractivity contribution in [2.24, 2.45) is 11.1 Å². The van der Waals surface area contributed by atoms with E-state index in [0.29, 0.717) is 19.6 Å². The van der Waals surface area contributed by atoms with Crippen LogP contribution in [0.1, 0.15) is 26.2 Å². The van der Waals surface area contributed by atoms with Crippen molar-refractivity contribution in [3.63, 3.8) is 0 Å². The van der Waals surface area contributed by atoms with Crippen LogP contribution in [0, 0.1) is 5.41 Å². The lowest BCUT2D eigenvalue weighted by atomic mass is 9.90. The molecule has 0 bridgehead atoms. The molecule has 1 heterocycles. The number of amides is 1. The van der Waals surface area contributed by atoms with E-state index in [1.54, 1.807) is 0 Å². The van der Waals surface area contributed by atoms with E-state index in [0.717, 1.165) is 36.2 Å². The Kier molecular flexibility index (Phi) is 7.66. The second-order valence-electron chi connectivity index (χ2n) is 5.96. The van der Waals surface area contributed by atoms with Crippen molar-refractivity contribution in [2.45, 2.75) is 26.2 Å². The van der Waals surface area contributed by atoms with Crippen LogP contribution in [0.25, 0.3) is 0 Å². The summed E-state index contributed by atoms with van der Waals surface area (Å²) in [6.45, 7) is 4.96. The predicted octanol–water partition coefficient (Wildman–Crippen LogP) is 3.23. The maximum absolute atomic E-state index is 12.1. The molecular formula is C16H24BrClN2O2. The fraction of sp³-hybridized carbons (Fsp3) is 0.562. The van der Waals surface area contributed by atoms with Gasteiger partial charge >= 0.3 is 0 Å². The zero-order valence-electron chi connectivity index (χ0n) is 12.9. The van der Waals surface area contributed by atoms with E-state index in [1.807, 2.05) is 29.2 Å². The first-order valence-corrected chi connectivity index (χ1v) is 8.18. The van der Waals surface area contributed by atoms with E-state index in [4.69, 9.17) is 10.5 Å². The summed E-state index contributed by atoms with van der Waals surface area (Å²) in [7, 11) is 0. The van der Waals surface area contributed by atoms with Crippen LogP contribution >= 0.6 is 28.3 Å². The maximum Gasteiger partial charge on any atom is 0.222 e. The van der Waals surface area contributed by atoms with Gasteiger partial charge in [-0.3, -0.25) is 4.79 Å². The second kappa shape index (κ2) is 8.75. The average molecular weight is 392 g/mol. The Balaban J connectivity index is 0.00000242. The molecule has 1 aliphatic rings. The van der Waals surface area contributed by atoms with E-state index in [9.17, 15) is 4.79 Å². The van der Waals surface area contributed by atoms with Crippen molar-refractivity contribution in [2.75, 3.05) is 26.2 Å². The number of carbonyl (C=O) groups excluding carboxylic acids is 1. The molecule has 0 aliphatic carbocycles. The number of carbonyl (C=O) groups is 1. The minimum Gasteiger partial charge on any atom is -0.492 e. The van der Waals surface area contributed by atoms with E-state index < -0.39 is 0 Å². The highest BCUT2D eigenvalue weighted by Gasteiger charge is 2.34. The van der Waals surface area contributed by atoms with Gasteiger partial charge in [0.1, 0.15) is 5.75 Å². The third kappa shape index (κ3) is 5.14. The molecule has 1 unspecified atom stereocenters. The molecule has 1 fully saturated rings. The van der Waals surface area contributed by atoms with Crippen LogP contribution in [-0.2, 0) is 4.79 Å². The Morgan fingerprint density at radius 3 is 2.82 bits per heavy atom. The molecule has 1 saturated heterocycles. The lowest BCUT2D eigenvalue weighted by molar-refractivity contribution is -0.130. The number of nitrogens with zero attached hydrogens (tertiary/aromatic N) is 1. The topological polar surface area (TPSA) is 55.6 Å². The highest BCUT2D eigenvalue weighted by atomic mass is 79.9. The number of para-hydroxylation sites is 1. The van der Waals surface area contributed by atoms with Gasteiger partial charge in [-0.05, 0) is 52.9 Å². The first-order valence-electron chi connectivity index (χ1n) is 7.39. The summed E-state index contributed by atoms with van der Waals surface area (Å²) in [5.41, 5.74) is 5.87. The molecule has 4 nitrogen and oxygen atoms in total. The van der Waals surface area contributed by atoms with Gasteiger partial charge in [0.15, 0.2) is 0 Å². The van der Waals surface area contributed by atoms with Gasteiger partial charge < -0.3 is 15.4 Å². The monoisotopic (exact) mass is 390 g/mol. The summed E-state index contributed by atoms with van der Waals surface area (Å²) < 4.78 is 6.61. The SMILES string of the molecule is CC1(CN)CCN(C(=O)CCCOc2ccccc2Br)C1.Cl. The number of likely N-dealkylation sites (tertiary alicyclic amines) is 1. The fourth-order valence-corrected chi connectivity index (χ4v) is 2.93. The van der Waals surface area contributed by atoms with Crippen molar-refractivity contribution < 1.29 is 9.53 Å². The molecule has 2 N–H and O–H groups in total. The third-order valence-electron chi connectivity index (χ3n) is 4.03. The van der Waals surface area contributed by atoms with Crippen LogP contribution in [0.5, 0.6) is 5.75 Å². The van der Waals surface area contributed by atoms with Gasteiger partial charge in [-0.25, -0.2) is 0 Å². The van der Waals surface area contributed by atoms with Crippen molar-refractivity contribution in [3.05, 3.63) is 28.7 Å². The summed E-state index contributed by atoms with van der Waals surface area (Å²) >= 11 is 3.44. The molecular weight excluding hydrogens is 368 g/mol. The van der Waals surface area contributed by atoms with Crippen LogP contribution in [0.15, 0.2) is 28.7 Å². The normalized spacial score (nSPS) is 20.6. The first kappa shape index (κ1) is 19.3. The lowest BCUT2D eigenvalue weighted by Crippen LogP contribution is -2.34. The second-order valence-corrected chi connectivity index (χ2v) is 6.82. The smallest absolute Gasteiger partial charge is 0.222 e. The minimum absolute atomic E-state index is 0. The third-order valence-corrected chi connectivity index (χ3v) is 4.69. The molecule has 1 aromatic carbocycles. The molecule has 0 spiro atoms. The standard InChI is InChI=1S/C16H23BrN2O2.ClH/c1-16(11-18)8-9-19(12-16)15(20)7-4-10-21-14-6-3-2-5-13(14)17;/h2-3,5-6H,4,7-12,18H2,1H3;1H. The number of benzene rings is 1. The number of halogens is 2. The van der Waals surface area contributed by atoms with E-state index in [1.165, 1.54) is 0 Å². The van der Waals surface area contributed by atoms with Gasteiger partial charge in [0.2, 0.25) is 5.91 Å². The molecule has 0 aromatic heterocycles. The molecule has 1 atom stereocenters. The predicted molar refractivity (Wildman–Crippen MR) is 94.5 cm³/mol. The number of hydrogen-bond donors (Lipinski definition) is 1. The van der Waals surface area contributed by atoms with Gasteiger partial charge in [0.05, 0.1) is 11.1 Å². The van der Waals surface area contributed by atoms with Crippen LogP contribution in [-0.4, -0.2) is 37.0 Å². The molecule has 1 aromatic rings. The Bertz CT molecular complexity index is 501. The number of rotatable bonds is 6. The van der Waals surface area contributed by atoms with E-state index in [2.05, 4.69) is 22.9 Å². The Morgan fingerprint density at radius 1 is 1.45 bits per heavy atom. The molecule has 22 heavy (non-hydrogen) atoms. The zero-order valence-corrected chi connectivity index (χ0v) is 15.3. The van der Waals surface area contributed by atoms with Gasteiger partial charge in [0, 0.05) is 19.5 Å². The van der Waals surface area contributed by atoms with E-state index >= 15 is 0 Å². The lowest BCUT2D eigenvalue weighted by Gasteiger charge is -2.22. The maximum atomic E-state index is 12.1. The Morgan fingerprint density at radius 2 is 2.18 bits per heavy atom. The quantitative estimate of drug-likeness (QED) is 0.758. The number of ether oxygens (including phenoxy) is 1. The molecule has 124 valence electrons. The summed E-state index contributed by atoms with van der Waals surface area (Å²) in [5.74, 6) is 1.03. The fourth-order valence-electron chi connectivity index (χ4n) is 2.53. The van der Waals surface area contributed by atoms with Crippen LogP contribution in [0.2, 0.25) is 0 Å². The van der Waals surface area contributed by atoms with Crippen molar-refractivity contribution in [3.8, 4) is 5.75 Å². The molecule has 1 aliphatic heterocycles. The minimum atomic E-state index is 0. The number of nitrogens with two attached hydrogens (primary N) is 1. The average Bonchev–Trinajstić information content (AvgIpc) is 2.88. The largest absolute Gasteiger partial charge is 0.492 e. The first-order chi connectivity index (χ1) is 10.0. The van der Waals surface area contributed by atoms with E-state index in [-0.39, 0.29) is 23.7 Å². The highest BCUT2D eigenvalue weighted by molar-refractivity contribution is 9.10. The van der Waals surface area contributed by atoms with Gasteiger partial charge in [-0.15, -0.1) is 12.4 Å². The molecule has 2 rings (SSSR count).